The van der Waals surface area contributed by atoms with Crippen LogP contribution in [0.4, 0.5) is 26.8 Å². The van der Waals surface area contributed by atoms with Crippen molar-refractivity contribution in [3.8, 4) is 23.2 Å². The van der Waals surface area contributed by atoms with Crippen LogP contribution in [0, 0.1) is 11.3 Å². The monoisotopic (exact) mass is 549 g/mol. The largest absolute Gasteiger partial charge is 0.467 e. The summed E-state index contributed by atoms with van der Waals surface area (Å²) in [4.78, 5) is 36.3. The Bertz CT molecular complexity index is 1390. The number of ether oxygens (including phenoxy) is 1. The molecule has 2 aliphatic rings. The average molecular weight is 550 g/mol. The lowest BCUT2D eigenvalue weighted by atomic mass is 9.90. The van der Waals surface area contributed by atoms with Crippen molar-refractivity contribution < 1.29 is 24.1 Å². The van der Waals surface area contributed by atoms with E-state index in [1.807, 2.05) is 6.07 Å². The Balaban J connectivity index is 1.22. The van der Waals surface area contributed by atoms with Crippen LogP contribution in [0.1, 0.15) is 31.2 Å². The van der Waals surface area contributed by atoms with Crippen molar-refractivity contribution in [2.24, 2.45) is 0 Å². The van der Waals surface area contributed by atoms with Gasteiger partial charge in [0, 0.05) is 41.8 Å². The van der Waals surface area contributed by atoms with Crippen LogP contribution in [-0.2, 0) is 0 Å². The number of aliphatic hydroxyl groups is 1. The molecule has 0 unspecified atom stereocenters. The molecular formula is C26H28FN9O4. The molecule has 1 saturated heterocycles. The number of aromatic nitrogens is 5. The number of nitrogens with zero attached hydrogens (tertiary/aromatic N) is 8. The standard InChI is InChI=1S/C26H28FN9O4/c1-40-24-31-11-18(12-32-24)16-2-7-21(29-9-16)36(25(38)39)20-5-3-19(4-6-20)33-23-30-10-17(8-28)22(34-23)35-13-26(27,14-35)15-37/h2,7,9-12,19-20,37H,3-6,13-15H2,1H3,(H,38,39)(H,30,33,34). The first-order valence-electron chi connectivity index (χ1n) is 12.8. The first kappa shape index (κ1) is 26.9. The van der Waals surface area contributed by atoms with Gasteiger partial charge in [-0.25, -0.2) is 29.1 Å². The molecule has 13 nitrogen and oxygen atoms in total. The molecule has 40 heavy (non-hydrogen) atoms. The molecule has 2 fully saturated rings. The van der Waals surface area contributed by atoms with Gasteiger partial charge in [0.2, 0.25) is 5.95 Å². The Kier molecular flexibility index (Phi) is 7.56. The molecule has 3 aromatic heterocycles. The summed E-state index contributed by atoms with van der Waals surface area (Å²) in [5.74, 6) is 0.972. The van der Waals surface area contributed by atoms with Gasteiger partial charge in [-0.15, -0.1) is 0 Å². The highest BCUT2D eigenvalue weighted by Gasteiger charge is 2.44. The van der Waals surface area contributed by atoms with E-state index in [-0.39, 0.29) is 36.7 Å². The van der Waals surface area contributed by atoms with Gasteiger partial charge in [0.05, 0.1) is 33.0 Å². The Morgan fingerprint density at radius 2 is 1.85 bits per heavy atom. The molecule has 14 heteroatoms. The van der Waals surface area contributed by atoms with E-state index >= 15 is 0 Å². The molecule has 1 saturated carbocycles. The lowest BCUT2D eigenvalue weighted by Crippen LogP contribution is -2.61. The van der Waals surface area contributed by atoms with E-state index in [1.54, 1.807) is 35.6 Å². The van der Waals surface area contributed by atoms with Crippen molar-refractivity contribution in [2.45, 2.75) is 43.4 Å². The SMILES string of the molecule is COc1ncc(-c2ccc(N(C(=O)O)C3CCC(Nc4ncc(C#N)c(N5CC(F)(CO)C5)n4)CC3)nc2)cn1. The van der Waals surface area contributed by atoms with E-state index in [0.29, 0.717) is 43.3 Å². The van der Waals surface area contributed by atoms with E-state index in [0.717, 1.165) is 11.1 Å². The van der Waals surface area contributed by atoms with E-state index in [2.05, 4.69) is 30.2 Å². The molecule has 208 valence electrons. The van der Waals surface area contributed by atoms with Gasteiger partial charge in [0.1, 0.15) is 17.5 Å². The number of amides is 1. The summed E-state index contributed by atoms with van der Waals surface area (Å²) in [6.45, 7) is -0.684. The molecule has 0 aromatic carbocycles. The number of carboxylic acid groups (broad SMARTS) is 1. The number of anilines is 3. The Morgan fingerprint density at radius 3 is 2.42 bits per heavy atom. The van der Waals surface area contributed by atoms with Gasteiger partial charge >= 0.3 is 12.1 Å². The number of halogens is 1. The van der Waals surface area contributed by atoms with Gasteiger partial charge in [-0.3, -0.25) is 4.90 Å². The number of aliphatic hydroxyl groups excluding tert-OH is 1. The molecule has 5 rings (SSSR count). The fourth-order valence-electron chi connectivity index (χ4n) is 5.02. The topological polar surface area (TPSA) is 174 Å². The second-order valence-corrected chi connectivity index (χ2v) is 9.87. The molecule has 0 bridgehead atoms. The summed E-state index contributed by atoms with van der Waals surface area (Å²) in [6.07, 6.45) is 7.64. The number of alkyl halides is 1. The highest BCUT2D eigenvalue weighted by atomic mass is 19.1. The van der Waals surface area contributed by atoms with Crippen LogP contribution in [-0.4, -0.2) is 85.8 Å². The fourth-order valence-corrected chi connectivity index (χ4v) is 5.02. The molecular weight excluding hydrogens is 521 g/mol. The third kappa shape index (κ3) is 5.55. The molecule has 0 spiro atoms. The minimum absolute atomic E-state index is 0.00724. The summed E-state index contributed by atoms with van der Waals surface area (Å²) in [5, 5.41) is 31.8. The van der Waals surface area contributed by atoms with E-state index < -0.39 is 18.4 Å². The Labute approximate surface area is 229 Å². The van der Waals surface area contributed by atoms with Gasteiger partial charge in [-0.1, -0.05) is 0 Å². The maximum Gasteiger partial charge on any atom is 0.413 e. The lowest BCUT2D eigenvalue weighted by molar-refractivity contribution is 0.0440. The third-order valence-electron chi connectivity index (χ3n) is 7.16. The van der Waals surface area contributed by atoms with Crippen LogP contribution >= 0.6 is 0 Å². The predicted octanol–water partition coefficient (Wildman–Crippen LogP) is 2.64. The summed E-state index contributed by atoms with van der Waals surface area (Å²) < 4.78 is 19.2. The van der Waals surface area contributed by atoms with Gasteiger partial charge in [-0.2, -0.15) is 10.2 Å². The van der Waals surface area contributed by atoms with E-state index in [1.165, 1.54) is 18.2 Å². The van der Waals surface area contributed by atoms with Gasteiger partial charge in [0.15, 0.2) is 11.5 Å². The zero-order valence-corrected chi connectivity index (χ0v) is 21.7. The second-order valence-electron chi connectivity index (χ2n) is 9.87. The van der Waals surface area contributed by atoms with Crippen LogP contribution in [0.5, 0.6) is 6.01 Å². The zero-order valence-electron chi connectivity index (χ0n) is 21.7. The van der Waals surface area contributed by atoms with Crippen LogP contribution in [0.2, 0.25) is 0 Å². The number of carbonyl (C=O) groups is 1. The fraction of sp³-hybridized carbons (Fsp3) is 0.423. The molecule has 3 aromatic rings. The van der Waals surface area contributed by atoms with Crippen LogP contribution in [0.15, 0.2) is 36.9 Å². The van der Waals surface area contributed by atoms with Crippen LogP contribution in [0.25, 0.3) is 11.1 Å². The van der Waals surface area contributed by atoms with E-state index in [4.69, 9.17) is 4.74 Å². The lowest BCUT2D eigenvalue weighted by Gasteiger charge is -2.44. The van der Waals surface area contributed by atoms with Crippen molar-refractivity contribution in [1.29, 1.82) is 5.26 Å². The second kappa shape index (κ2) is 11.2. The van der Waals surface area contributed by atoms with Crippen molar-refractivity contribution in [3.05, 3.63) is 42.5 Å². The Morgan fingerprint density at radius 1 is 1.15 bits per heavy atom. The Hall–Kier alpha value is -4.64. The quantitative estimate of drug-likeness (QED) is 0.375. The minimum atomic E-state index is -1.70. The number of nitrogens with one attached hydrogen (secondary N) is 1. The van der Waals surface area contributed by atoms with Crippen molar-refractivity contribution in [1.82, 2.24) is 24.9 Å². The van der Waals surface area contributed by atoms with Crippen molar-refractivity contribution >= 4 is 23.7 Å². The average Bonchev–Trinajstić information content (AvgIpc) is 2.97. The molecule has 1 aliphatic carbocycles. The predicted molar refractivity (Wildman–Crippen MR) is 142 cm³/mol. The summed E-state index contributed by atoms with van der Waals surface area (Å²) in [5.41, 5.74) is 0.00878. The highest BCUT2D eigenvalue weighted by Crippen LogP contribution is 2.33. The van der Waals surface area contributed by atoms with Crippen LogP contribution in [0.3, 0.4) is 0 Å². The first-order chi connectivity index (χ1) is 19.3. The number of nitriles is 1. The smallest absolute Gasteiger partial charge is 0.413 e. The van der Waals surface area contributed by atoms with Crippen LogP contribution < -0.4 is 19.9 Å². The molecule has 3 N–H and O–H groups in total. The summed E-state index contributed by atoms with van der Waals surface area (Å²) in [6, 6.07) is 5.46. The number of hydrogen-bond donors (Lipinski definition) is 3. The summed E-state index contributed by atoms with van der Waals surface area (Å²) in [7, 11) is 1.48. The first-order valence-corrected chi connectivity index (χ1v) is 12.8. The third-order valence-corrected chi connectivity index (χ3v) is 7.16. The normalized spacial score (nSPS) is 19.7. The maximum atomic E-state index is 14.2. The van der Waals surface area contributed by atoms with Gasteiger partial charge in [0.25, 0.3) is 0 Å². The van der Waals surface area contributed by atoms with Gasteiger partial charge < -0.3 is 25.2 Å². The van der Waals surface area contributed by atoms with Crippen molar-refractivity contribution in [3.63, 3.8) is 0 Å². The molecule has 0 radical (unpaired) electrons. The number of rotatable bonds is 8. The van der Waals surface area contributed by atoms with E-state index in [9.17, 15) is 24.7 Å². The summed E-state index contributed by atoms with van der Waals surface area (Å²) >= 11 is 0. The van der Waals surface area contributed by atoms with Gasteiger partial charge in [-0.05, 0) is 37.8 Å². The molecule has 0 atom stereocenters. The molecule has 1 amide bonds. The number of methoxy groups -OCH3 is 1. The van der Waals surface area contributed by atoms with Crippen molar-refractivity contribution in [2.75, 3.05) is 41.9 Å². The number of pyridine rings is 1. The number of hydrogen-bond acceptors (Lipinski definition) is 11. The zero-order chi connectivity index (χ0) is 28.3. The molecule has 4 heterocycles. The highest BCUT2D eigenvalue weighted by molar-refractivity contribution is 5.85. The minimum Gasteiger partial charge on any atom is -0.467 e. The maximum absolute atomic E-state index is 14.2. The molecule has 1 aliphatic heterocycles.